The van der Waals surface area contributed by atoms with Crippen LogP contribution in [0, 0.1) is 0 Å². The van der Waals surface area contributed by atoms with Crippen LogP contribution in [0.15, 0.2) is 24.8 Å². The minimum Gasteiger partial charge on any atom is -0.348 e. The van der Waals surface area contributed by atoms with Crippen molar-refractivity contribution in [3.8, 4) is 0 Å². The molecule has 0 saturated heterocycles. The van der Waals surface area contributed by atoms with Gasteiger partial charge in [-0.25, -0.2) is 0 Å². The average molecular weight is 224 g/mol. The molecule has 15 heavy (non-hydrogen) atoms. The highest BCUT2D eigenvalue weighted by molar-refractivity contribution is 7.18. The summed E-state index contributed by atoms with van der Waals surface area (Å²) >= 11 is 1.24. The molecule has 0 aliphatic carbocycles. The van der Waals surface area contributed by atoms with E-state index in [0.29, 0.717) is 16.4 Å². The van der Waals surface area contributed by atoms with Crippen molar-refractivity contribution in [2.24, 2.45) is 0 Å². The van der Waals surface area contributed by atoms with Crippen LogP contribution in [-0.4, -0.2) is 18.4 Å². The lowest BCUT2D eigenvalue weighted by atomic mass is 10.4. The molecule has 0 saturated carbocycles. The van der Waals surface area contributed by atoms with Gasteiger partial charge in [0.2, 0.25) is 5.91 Å². The van der Waals surface area contributed by atoms with Gasteiger partial charge in [0.05, 0.1) is 9.88 Å². The monoisotopic (exact) mass is 224 g/mol. The summed E-state index contributed by atoms with van der Waals surface area (Å²) in [5, 5.41) is 5.94. The molecule has 1 aromatic rings. The summed E-state index contributed by atoms with van der Waals surface area (Å²) in [7, 11) is 0. The lowest BCUT2D eigenvalue weighted by molar-refractivity contribution is -0.114. The molecule has 0 aliphatic heterocycles. The first kappa shape index (κ1) is 11.5. The van der Waals surface area contributed by atoms with Crippen LogP contribution in [-0.2, 0) is 4.79 Å². The second-order valence-electron chi connectivity index (χ2n) is 2.84. The van der Waals surface area contributed by atoms with E-state index in [1.807, 2.05) is 0 Å². The van der Waals surface area contributed by atoms with Crippen molar-refractivity contribution in [1.29, 1.82) is 0 Å². The summed E-state index contributed by atoms with van der Waals surface area (Å²) in [6, 6.07) is 3.38. The molecule has 0 radical (unpaired) electrons. The van der Waals surface area contributed by atoms with E-state index in [9.17, 15) is 9.59 Å². The zero-order chi connectivity index (χ0) is 11.3. The zero-order valence-electron chi connectivity index (χ0n) is 8.37. The third-order valence-electron chi connectivity index (χ3n) is 1.54. The lowest BCUT2D eigenvalue weighted by Gasteiger charge is -1.98. The average Bonchev–Trinajstić information content (AvgIpc) is 2.61. The van der Waals surface area contributed by atoms with Crippen molar-refractivity contribution in [2.45, 2.75) is 6.92 Å². The van der Waals surface area contributed by atoms with Crippen LogP contribution in [0.3, 0.4) is 0 Å². The van der Waals surface area contributed by atoms with Crippen LogP contribution in [0.2, 0.25) is 0 Å². The van der Waals surface area contributed by atoms with Crippen molar-refractivity contribution >= 4 is 28.2 Å². The summed E-state index contributed by atoms with van der Waals surface area (Å²) in [6.45, 7) is 5.37. The molecule has 1 aromatic heterocycles. The molecule has 1 rings (SSSR count). The number of rotatable bonds is 4. The van der Waals surface area contributed by atoms with E-state index >= 15 is 0 Å². The van der Waals surface area contributed by atoms with Crippen molar-refractivity contribution in [3.63, 3.8) is 0 Å². The number of hydrogen-bond donors (Lipinski definition) is 2. The number of carbonyl (C=O) groups is 2. The quantitative estimate of drug-likeness (QED) is 0.763. The normalized spacial score (nSPS) is 9.40. The van der Waals surface area contributed by atoms with E-state index < -0.39 is 0 Å². The molecule has 0 fully saturated rings. The van der Waals surface area contributed by atoms with E-state index in [1.54, 1.807) is 18.2 Å². The van der Waals surface area contributed by atoms with Crippen LogP contribution in [0.25, 0.3) is 0 Å². The zero-order valence-corrected chi connectivity index (χ0v) is 9.19. The Balaban J connectivity index is 2.62. The number of nitrogens with one attached hydrogen (secondary N) is 2. The molecule has 1 heterocycles. The van der Waals surface area contributed by atoms with Gasteiger partial charge in [-0.3, -0.25) is 9.59 Å². The van der Waals surface area contributed by atoms with Gasteiger partial charge < -0.3 is 10.6 Å². The highest BCUT2D eigenvalue weighted by Gasteiger charge is 2.08. The van der Waals surface area contributed by atoms with Crippen LogP contribution >= 0.6 is 11.3 Å². The second kappa shape index (κ2) is 5.31. The van der Waals surface area contributed by atoms with Gasteiger partial charge in [0.1, 0.15) is 0 Å². The highest BCUT2D eigenvalue weighted by Crippen LogP contribution is 2.21. The Hall–Kier alpha value is -1.62. The van der Waals surface area contributed by atoms with Crippen molar-refractivity contribution < 1.29 is 9.59 Å². The number of thiophene rings is 1. The molecule has 0 aliphatic rings. The maximum atomic E-state index is 11.4. The number of hydrogen-bond acceptors (Lipinski definition) is 3. The van der Waals surface area contributed by atoms with Crippen LogP contribution < -0.4 is 10.6 Å². The van der Waals surface area contributed by atoms with Crippen LogP contribution in [0.1, 0.15) is 16.6 Å². The van der Waals surface area contributed by atoms with Gasteiger partial charge >= 0.3 is 0 Å². The first-order chi connectivity index (χ1) is 7.13. The van der Waals surface area contributed by atoms with E-state index in [2.05, 4.69) is 17.2 Å². The maximum absolute atomic E-state index is 11.4. The summed E-state index contributed by atoms with van der Waals surface area (Å²) in [4.78, 5) is 22.8. The number of amides is 2. The lowest BCUT2D eigenvalue weighted by Crippen LogP contribution is -2.21. The number of anilines is 1. The molecular weight excluding hydrogens is 212 g/mol. The van der Waals surface area contributed by atoms with Gasteiger partial charge in [-0.05, 0) is 12.1 Å². The van der Waals surface area contributed by atoms with Crippen molar-refractivity contribution in [3.05, 3.63) is 29.7 Å². The van der Waals surface area contributed by atoms with Gasteiger partial charge in [-0.1, -0.05) is 6.08 Å². The molecule has 4 nitrogen and oxygen atoms in total. The molecule has 0 aromatic carbocycles. The summed E-state index contributed by atoms with van der Waals surface area (Å²) in [5.41, 5.74) is 0. The third-order valence-corrected chi connectivity index (χ3v) is 2.54. The largest absolute Gasteiger partial charge is 0.348 e. The predicted molar refractivity (Wildman–Crippen MR) is 61.2 cm³/mol. The van der Waals surface area contributed by atoms with Gasteiger partial charge in [-0.2, -0.15) is 0 Å². The highest BCUT2D eigenvalue weighted by atomic mass is 32.1. The van der Waals surface area contributed by atoms with Crippen molar-refractivity contribution in [2.75, 3.05) is 11.9 Å². The predicted octanol–water partition coefficient (Wildman–Crippen LogP) is 1.62. The Kier molecular flexibility index (Phi) is 4.05. The van der Waals surface area contributed by atoms with Gasteiger partial charge in [0.25, 0.3) is 5.91 Å². The molecule has 0 spiro atoms. The van der Waals surface area contributed by atoms with Crippen LogP contribution in [0.5, 0.6) is 0 Å². The topological polar surface area (TPSA) is 58.2 Å². The molecule has 0 bridgehead atoms. The Bertz CT molecular complexity index is 385. The Morgan fingerprint density at radius 2 is 2.27 bits per heavy atom. The first-order valence-electron chi connectivity index (χ1n) is 4.40. The Labute approximate surface area is 92.0 Å². The molecule has 2 N–H and O–H groups in total. The summed E-state index contributed by atoms with van der Waals surface area (Å²) < 4.78 is 0. The standard InChI is InChI=1S/C10H12N2O2S/c1-3-6-11-10(14)8-4-5-9(15-8)12-7(2)13/h3-5H,1,6H2,2H3,(H,11,14)(H,12,13). The minimum atomic E-state index is -0.156. The van der Waals surface area contributed by atoms with Gasteiger partial charge in [0.15, 0.2) is 0 Å². The molecule has 0 unspecified atom stereocenters. The molecule has 80 valence electrons. The van der Waals surface area contributed by atoms with E-state index in [1.165, 1.54) is 18.3 Å². The fourth-order valence-electron chi connectivity index (χ4n) is 0.953. The first-order valence-corrected chi connectivity index (χ1v) is 5.21. The van der Waals surface area contributed by atoms with E-state index in [0.717, 1.165) is 0 Å². The molecular formula is C10H12N2O2S. The smallest absolute Gasteiger partial charge is 0.261 e. The van der Waals surface area contributed by atoms with Gasteiger partial charge in [-0.15, -0.1) is 17.9 Å². The Morgan fingerprint density at radius 3 is 2.87 bits per heavy atom. The Morgan fingerprint density at radius 1 is 1.53 bits per heavy atom. The maximum Gasteiger partial charge on any atom is 0.261 e. The molecule has 2 amide bonds. The summed E-state index contributed by atoms with van der Waals surface area (Å²) in [6.07, 6.45) is 1.61. The number of carbonyl (C=O) groups excluding carboxylic acids is 2. The van der Waals surface area contributed by atoms with Gasteiger partial charge in [0, 0.05) is 13.5 Å². The van der Waals surface area contributed by atoms with E-state index in [-0.39, 0.29) is 11.8 Å². The molecule has 5 heteroatoms. The van der Waals surface area contributed by atoms with Crippen LogP contribution in [0.4, 0.5) is 5.00 Å². The second-order valence-corrected chi connectivity index (χ2v) is 3.93. The fraction of sp³-hybridized carbons (Fsp3) is 0.200. The van der Waals surface area contributed by atoms with Crippen molar-refractivity contribution in [1.82, 2.24) is 5.32 Å². The van der Waals surface area contributed by atoms with E-state index in [4.69, 9.17) is 0 Å². The summed E-state index contributed by atoms with van der Waals surface area (Å²) in [5.74, 6) is -0.300. The SMILES string of the molecule is C=CCNC(=O)c1ccc(NC(C)=O)s1. The fourth-order valence-corrected chi connectivity index (χ4v) is 1.82. The third kappa shape index (κ3) is 3.55. The molecule has 0 atom stereocenters. The minimum absolute atomic E-state index is 0.144.